The molecule has 6 atom stereocenters. The van der Waals surface area contributed by atoms with Gasteiger partial charge in [0, 0.05) is 13.0 Å². The monoisotopic (exact) mass is 502 g/mol. The van der Waals surface area contributed by atoms with Crippen molar-refractivity contribution in [1.82, 2.24) is 10.2 Å². The van der Waals surface area contributed by atoms with Gasteiger partial charge in [-0.2, -0.15) is 8.62 Å². The molecule has 29 heavy (non-hydrogen) atoms. The molecular weight excluding hydrogens is 485 g/mol. The van der Waals surface area contributed by atoms with E-state index >= 15 is 0 Å². The van der Waals surface area contributed by atoms with Crippen molar-refractivity contribution in [2.45, 2.75) is 31.0 Å². The number of aliphatic hydroxyl groups excluding tert-OH is 2. The summed E-state index contributed by atoms with van der Waals surface area (Å²) in [6.07, 6.45) is -5.90. The lowest BCUT2D eigenvalue weighted by Crippen LogP contribution is -2.56. The molecule has 20 heteroatoms. The number of hydrogen-bond acceptors (Lipinski definition) is 11. The highest BCUT2D eigenvalue weighted by molar-refractivity contribution is 7.80. The molecule has 2 aliphatic rings. The largest absolute Gasteiger partial charge is 0.490 e. The number of carbonyl (C=O) groups is 1. The maximum atomic E-state index is 11.7. The number of amides is 1. The summed E-state index contributed by atoms with van der Waals surface area (Å²) in [7, 11) is -16.7. The highest BCUT2D eigenvalue weighted by atomic mass is 32.1. The van der Waals surface area contributed by atoms with E-state index in [0.717, 1.165) is 0 Å². The Morgan fingerprint density at radius 3 is 2.28 bits per heavy atom. The number of phosphoric acid groups is 3. The lowest BCUT2D eigenvalue weighted by atomic mass is 10.1. The van der Waals surface area contributed by atoms with Crippen LogP contribution in [0.3, 0.4) is 0 Å². The maximum Gasteiger partial charge on any atom is 0.490 e. The van der Waals surface area contributed by atoms with Crippen molar-refractivity contribution >= 4 is 46.7 Å². The molecule has 0 aromatic rings. The van der Waals surface area contributed by atoms with Crippen LogP contribution in [0.4, 0.5) is 0 Å². The number of ether oxygens (including phenoxy) is 1. The minimum atomic E-state index is -5.69. The second-order valence-corrected chi connectivity index (χ2v) is 10.5. The van der Waals surface area contributed by atoms with Gasteiger partial charge < -0.3 is 44.7 Å². The third-order valence-electron chi connectivity index (χ3n) is 3.55. The van der Waals surface area contributed by atoms with E-state index < -0.39 is 54.6 Å². The number of aliphatic hydroxyl groups is 2. The van der Waals surface area contributed by atoms with Crippen LogP contribution in [0.15, 0.2) is 0 Å². The molecule has 0 aromatic heterocycles. The Hall–Kier alpha value is -0.350. The van der Waals surface area contributed by atoms with Crippen LogP contribution in [0.2, 0.25) is 0 Å². The van der Waals surface area contributed by atoms with Gasteiger partial charge in [-0.1, -0.05) is 0 Å². The lowest BCUT2D eigenvalue weighted by molar-refractivity contribution is -0.123. The fourth-order valence-electron chi connectivity index (χ4n) is 2.42. The van der Waals surface area contributed by atoms with Crippen LogP contribution in [-0.2, 0) is 36.4 Å². The summed E-state index contributed by atoms with van der Waals surface area (Å²) in [6, 6.07) is 0. The number of rotatable bonds is 8. The van der Waals surface area contributed by atoms with Crippen molar-refractivity contribution in [3.8, 4) is 0 Å². The van der Waals surface area contributed by atoms with Gasteiger partial charge in [0.05, 0.1) is 6.61 Å². The predicted molar refractivity (Wildman–Crippen MR) is 92.6 cm³/mol. The smallest absolute Gasteiger partial charge is 0.387 e. The van der Waals surface area contributed by atoms with Gasteiger partial charge in [-0.3, -0.25) is 9.32 Å². The molecule has 7 N–H and O–H groups in total. The molecule has 0 aliphatic carbocycles. The molecule has 16 nitrogen and oxygen atoms in total. The van der Waals surface area contributed by atoms with Gasteiger partial charge >= 0.3 is 23.5 Å². The van der Waals surface area contributed by atoms with Crippen LogP contribution in [-0.4, -0.2) is 83.4 Å². The molecule has 2 heterocycles. The molecule has 0 radical (unpaired) electrons. The van der Waals surface area contributed by atoms with Crippen molar-refractivity contribution in [2.75, 3.05) is 13.2 Å². The highest BCUT2D eigenvalue weighted by Gasteiger charge is 2.48. The third kappa shape index (κ3) is 7.09. The Morgan fingerprint density at radius 2 is 1.72 bits per heavy atom. The third-order valence-corrected chi connectivity index (χ3v) is 7.69. The van der Waals surface area contributed by atoms with E-state index in [2.05, 4.69) is 18.5 Å². The number of nitrogens with one attached hydrogen (secondary N) is 1. The number of phosphoric ester groups is 1. The van der Waals surface area contributed by atoms with Crippen LogP contribution in [0.25, 0.3) is 0 Å². The second-order valence-electron chi connectivity index (χ2n) is 5.73. The second kappa shape index (κ2) is 9.02. The number of thiocarbonyl (C=S) groups is 1. The van der Waals surface area contributed by atoms with E-state index in [1.807, 2.05) is 0 Å². The maximum absolute atomic E-state index is 11.7. The van der Waals surface area contributed by atoms with Crippen molar-refractivity contribution in [3.63, 3.8) is 0 Å². The fraction of sp³-hybridized carbons (Fsp3) is 0.778. The Kier molecular flexibility index (Phi) is 7.75. The first-order valence-corrected chi connectivity index (χ1v) is 12.4. The molecule has 2 aliphatic heterocycles. The first kappa shape index (κ1) is 24.9. The highest BCUT2D eigenvalue weighted by Crippen LogP contribution is 2.66. The van der Waals surface area contributed by atoms with Gasteiger partial charge in [-0.05, 0) is 12.2 Å². The van der Waals surface area contributed by atoms with E-state index in [0.29, 0.717) is 0 Å². The average molecular weight is 502 g/mol. The summed E-state index contributed by atoms with van der Waals surface area (Å²) < 4.78 is 50.3. The Bertz CT molecular complexity index is 803. The summed E-state index contributed by atoms with van der Waals surface area (Å²) in [5, 5.41) is 22.4. The topological polar surface area (TPSA) is 242 Å². The van der Waals surface area contributed by atoms with Crippen LogP contribution in [0.1, 0.15) is 6.42 Å². The Morgan fingerprint density at radius 1 is 1.10 bits per heavy atom. The van der Waals surface area contributed by atoms with Gasteiger partial charge in [-0.25, -0.2) is 13.7 Å². The summed E-state index contributed by atoms with van der Waals surface area (Å²) in [5.74, 6) is -0.358. The molecule has 168 valence electrons. The summed E-state index contributed by atoms with van der Waals surface area (Å²) in [4.78, 5) is 47.9. The zero-order valence-corrected chi connectivity index (χ0v) is 17.6. The van der Waals surface area contributed by atoms with Crippen molar-refractivity contribution in [2.24, 2.45) is 0 Å². The van der Waals surface area contributed by atoms with E-state index in [4.69, 9.17) is 31.6 Å². The standard InChI is InChI=1S/C9H17N2O14P3S/c12-5-1-2-11(9(29)10-5)8-7(14)6(13)4(23-8)3-22-27(18,19)25-28(20,21)24-26(15,16)17/h4,6-8,13-14H,1-3H2,(H,18,19)(H,20,21)(H,10,12,29)(H2,15,16,17)/t4-,6?,7+,8-/m1/s1. The molecular formula is C9H17N2O14P3S. The molecule has 2 saturated heterocycles. The Labute approximate surface area is 167 Å². The van der Waals surface area contributed by atoms with Crippen LogP contribution in [0, 0.1) is 0 Å². The minimum Gasteiger partial charge on any atom is -0.387 e. The quantitative estimate of drug-likeness (QED) is 0.139. The van der Waals surface area contributed by atoms with Crippen LogP contribution >= 0.6 is 35.7 Å². The normalized spacial score (nSPS) is 32.6. The number of nitrogens with zero attached hydrogens (tertiary/aromatic N) is 1. The molecule has 0 spiro atoms. The van der Waals surface area contributed by atoms with Gasteiger partial charge in [-0.15, -0.1) is 0 Å². The van der Waals surface area contributed by atoms with Crippen LogP contribution < -0.4 is 5.32 Å². The predicted octanol–water partition coefficient (Wildman–Crippen LogP) is -2.12. The average Bonchev–Trinajstić information content (AvgIpc) is 2.78. The van der Waals surface area contributed by atoms with E-state index in [-0.39, 0.29) is 24.0 Å². The van der Waals surface area contributed by atoms with E-state index in [1.54, 1.807) is 0 Å². The van der Waals surface area contributed by atoms with Gasteiger partial charge in [0.25, 0.3) is 0 Å². The van der Waals surface area contributed by atoms with Gasteiger partial charge in [0.2, 0.25) is 5.91 Å². The van der Waals surface area contributed by atoms with Crippen molar-refractivity contribution in [3.05, 3.63) is 0 Å². The van der Waals surface area contributed by atoms with E-state index in [1.165, 1.54) is 4.90 Å². The Balaban J connectivity index is 1.97. The summed E-state index contributed by atoms with van der Waals surface area (Å²) >= 11 is 4.95. The molecule has 2 fully saturated rings. The molecule has 0 aromatic carbocycles. The molecule has 3 unspecified atom stereocenters. The zero-order chi connectivity index (χ0) is 22.2. The minimum absolute atomic E-state index is 0.0228. The lowest BCUT2D eigenvalue weighted by Gasteiger charge is -2.35. The van der Waals surface area contributed by atoms with Gasteiger partial charge in [0.1, 0.15) is 18.3 Å². The van der Waals surface area contributed by atoms with Crippen molar-refractivity contribution in [1.29, 1.82) is 0 Å². The number of carbonyl (C=O) groups excluding carboxylic acids is 1. The van der Waals surface area contributed by atoms with E-state index in [9.17, 15) is 33.6 Å². The first-order valence-electron chi connectivity index (χ1n) is 7.51. The summed E-state index contributed by atoms with van der Waals surface area (Å²) in [5.41, 5.74) is 0. The zero-order valence-electron chi connectivity index (χ0n) is 14.1. The molecule has 0 bridgehead atoms. The SMILES string of the molecule is O=C1CCN([C@@H]2O[C@H](COP(=O)(O)OP(=O)(O)OP(=O)(O)O)C(O)[C@@H]2O)C(=S)N1. The number of hydrogen-bond donors (Lipinski definition) is 7. The first-order chi connectivity index (χ1) is 13.1. The summed E-state index contributed by atoms with van der Waals surface area (Å²) in [6.45, 7) is -0.896. The van der Waals surface area contributed by atoms with Gasteiger partial charge in [0.15, 0.2) is 11.3 Å². The fourth-order valence-corrected chi connectivity index (χ4v) is 5.75. The van der Waals surface area contributed by atoms with Crippen LogP contribution in [0.5, 0.6) is 0 Å². The molecule has 2 rings (SSSR count). The van der Waals surface area contributed by atoms with Crippen molar-refractivity contribution < 1.29 is 66.2 Å². The molecule has 1 amide bonds. The molecule has 0 saturated carbocycles.